The van der Waals surface area contributed by atoms with Crippen LogP contribution in [-0.2, 0) is 0 Å². The van der Waals surface area contributed by atoms with Gasteiger partial charge in [-0.15, -0.1) is 0 Å². The van der Waals surface area contributed by atoms with Crippen LogP contribution >= 0.6 is 27.5 Å². The Balaban J connectivity index is 1.89. The predicted octanol–water partition coefficient (Wildman–Crippen LogP) is 4.61. The number of halogens is 2. The lowest BCUT2D eigenvalue weighted by Crippen LogP contribution is -2.10. The molecule has 1 atom stereocenters. The molecule has 0 aromatic heterocycles. The predicted molar refractivity (Wildman–Crippen MR) is 87.2 cm³/mol. The van der Waals surface area contributed by atoms with Crippen LogP contribution in [0.15, 0.2) is 46.9 Å². The summed E-state index contributed by atoms with van der Waals surface area (Å²) in [5.74, 6) is 1.40. The van der Waals surface area contributed by atoms with Crippen LogP contribution in [0.25, 0.3) is 0 Å². The Morgan fingerprint density at radius 1 is 1.14 bits per heavy atom. The van der Waals surface area contributed by atoms with E-state index in [-0.39, 0.29) is 0 Å². The first kappa shape index (κ1) is 16.1. The van der Waals surface area contributed by atoms with Crippen LogP contribution in [0.5, 0.6) is 11.5 Å². The number of aliphatic hydroxyl groups excluding tert-OH is 1. The normalized spacial score (nSPS) is 12.0. The molecule has 21 heavy (non-hydrogen) atoms. The molecule has 0 bridgehead atoms. The molecule has 0 fully saturated rings. The molecule has 0 aliphatic heterocycles. The summed E-state index contributed by atoms with van der Waals surface area (Å²) in [6, 6.07) is 12.8. The minimum Gasteiger partial charge on any atom is -0.490 e. The maximum Gasteiger partial charge on any atom is 0.125 e. The van der Waals surface area contributed by atoms with Crippen LogP contribution in [0, 0.1) is 0 Å². The van der Waals surface area contributed by atoms with Crippen molar-refractivity contribution in [1.82, 2.24) is 0 Å². The van der Waals surface area contributed by atoms with Crippen LogP contribution in [0.2, 0.25) is 5.02 Å². The van der Waals surface area contributed by atoms with Crippen molar-refractivity contribution < 1.29 is 14.6 Å². The van der Waals surface area contributed by atoms with Crippen molar-refractivity contribution in [2.75, 3.05) is 13.2 Å². The zero-order chi connectivity index (χ0) is 15.2. The fourth-order valence-corrected chi connectivity index (χ4v) is 2.40. The standard InChI is InChI=1S/C16H16BrClO3/c1-11(19)15-10-13(18)5-6-16(15)21-8-7-20-14-4-2-3-12(17)9-14/h2-6,9-11,19H,7-8H2,1H3/t11-/m0/s1. The molecule has 2 aromatic carbocycles. The van der Waals surface area contributed by atoms with Gasteiger partial charge in [0.15, 0.2) is 0 Å². The summed E-state index contributed by atoms with van der Waals surface area (Å²) in [7, 11) is 0. The average Bonchev–Trinajstić information content (AvgIpc) is 2.44. The quantitative estimate of drug-likeness (QED) is 0.753. The second-order valence-corrected chi connectivity index (χ2v) is 5.86. The fourth-order valence-electron chi connectivity index (χ4n) is 1.85. The molecule has 0 aliphatic carbocycles. The summed E-state index contributed by atoms with van der Waals surface area (Å²) < 4.78 is 12.2. The molecule has 0 spiro atoms. The highest BCUT2D eigenvalue weighted by Crippen LogP contribution is 2.28. The Kier molecular flexibility index (Phi) is 5.91. The molecule has 2 rings (SSSR count). The van der Waals surface area contributed by atoms with Crippen molar-refractivity contribution in [2.24, 2.45) is 0 Å². The fraction of sp³-hybridized carbons (Fsp3) is 0.250. The van der Waals surface area contributed by atoms with Gasteiger partial charge in [0.05, 0.1) is 6.10 Å². The van der Waals surface area contributed by atoms with E-state index >= 15 is 0 Å². The van der Waals surface area contributed by atoms with Crippen molar-refractivity contribution in [2.45, 2.75) is 13.0 Å². The number of ether oxygens (including phenoxy) is 2. The van der Waals surface area contributed by atoms with Crippen LogP contribution in [0.4, 0.5) is 0 Å². The highest BCUT2D eigenvalue weighted by Gasteiger charge is 2.10. The Morgan fingerprint density at radius 2 is 1.90 bits per heavy atom. The molecule has 0 aliphatic rings. The molecule has 0 unspecified atom stereocenters. The molecular formula is C16H16BrClO3. The van der Waals surface area contributed by atoms with E-state index in [1.807, 2.05) is 24.3 Å². The zero-order valence-corrected chi connectivity index (χ0v) is 13.9. The van der Waals surface area contributed by atoms with Gasteiger partial charge in [0.2, 0.25) is 0 Å². The second kappa shape index (κ2) is 7.69. The Bertz CT molecular complexity index is 602. The largest absolute Gasteiger partial charge is 0.490 e. The van der Waals surface area contributed by atoms with E-state index in [0.29, 0.717) is 29.5 Å². The first-order valence-electron chi connectivity index (χ1n) is 6.55. The van der Waals surface area contributed by atoms with Crippen LogP contribution in [0.1, 0.15) is 18.6 Å². The first-order chi connectivity index (χ1) is 10.1. The second-order valence-electron chi connectivity index (χ2n) is 4.51. The molecule has 0 radical (unpaired) electrons. The van der Waals surface area contributed by atoms with Gasteiger partial charge < -0.3 is 14.6 Å². The summed E-state index contributed by atoms with van der Waals surface area (Å²) in [5, 5.41) is 10.3. The summed E-state index contributed by atoms with van der Waals surface area (Å²) in [5.41, 5.74) is 0.671. The third kappa shape index (κ3) is 4.92. The van der Waals surface area contributed by atoms with Crippen molar-refractivity contribution in [3.63, 3.8) is 0 Å². The van der Waals surface area contributed by atoms with Gasteiger partial charge in [-0.2, -0.15) is 0 Å². The molecule has 3 nitrogen and oxygen atoms in total. The molecule has 0 heterocycles. The average molecular weight is 372 g/mol. The van der Waals surface area contributed by atoms with Crippen LogP contribution in [-0.4, -0.2) is 18.3 Å². The molecule has 0 saturated heterocycles. The van der Waals surface area contributed by atoms with Gasteiger partial charge in [-0.3, -0.25) is 0 Å². The van der Waals surface area contributed by atoms with Crippen molar-refractivity contribution in [3.05, 3.63) is 57.5 Å². The van der Waals surface area contributed by atoms with Gasteiger partial charge in [-0.25, -0.2) is 0 Å². The van der Waals surface area contributed by atoms with Gasteiger partial charge in [0.25, 0.3) is 0 Å². The van der Waals surface area contributed by atoms with E-state index < -0.39 is 6.10 Å². The van der Waals surface area contributed by atoms with E-state index in [1.165, 1.54) is 0 Å². The first-order valence-corrected chi connectivity index (χ1v) is 7.72. The van der Waals surface area contributed by atoms with Crippen LogP contribution < -0.4 is 9.47 Å². The topological polar surface area (TPSA) is 38.7 Å². The summed E-state index contributed by atoms with van der Waals surface area (Å²) in [6.07, 6.45) is -0.635. The lowest BCUT2D eigenvalue weighted by atomic mass is 10.1. The van der Waals surface area contributed by atoms with Crippen LogP contribution in [0.3, 0.4) is 0 Å². The number of rotatable bonds is 6. The van der Waals surface area contributed by atoms with E-state index in [9.17, 15) is 5.11 Å². The number of aliphatic hydroxyl groups is 1. The minimum absolute atomic E-state index is 0.383. The third-order valence-corrected chi connectivity index (χ3v) is 3.56. The number of hydrogen-bond donors (Lipinski definition) is 1. The number of benzene rings is 2. The third-order valence-electron chi connectivity index (χ3n) is 2.83. The summed E-state index contributed by atoms with van der Waals surface area (Å²) >= 11 is 9.31. The Labute approximate surface area is 137 Å². The van der Waals surface area contributed by atoms with Gasteiger partial charge in [0, 0.05) is 15.1 Å². The molecule has 5 heteroatoms. The molecule has 0 amide bonds. The minimum atomic E-state index is -0.635. The zero-order valence-electron chi connectivity index (χ0n) is 11.6. The van der Waals surface area contributed by atoms with Gasteiger partial charge in [-0.1, -0.05) is 33.6 Å². The monoisotopic (exact) mass is 370 g/mol. The highest BCUT2D eigenvalue weighted by molar-refractivity contribution is 9.10. The van der Waals surface area contributed by atoms with Gasteiger partial charge in [0.1, 0.15) is 24.7 Å². The molecular weight excluding hydrogens is 356 g/mol. The smallest absolute Gasteiger partial charge is 0.125 e. The molecule has 0 saturated carbocycles. The maximum atomic E-state index is 9.72. The summed E-state index contributed by atoms with van der Waals surface area (Å²) in [6.45, 7) is 2.47. The van der Waals surface area contributed by atoms with Crippen molar-refractivity contribution in [3.8, 4) is 11.5 Å². The SMILES string of the molecule is C[C@H](O)c1cc(Cl)ccc1OCCOc1cccc(Br)c1. The van der Waals surface area contributed by atoms with E-state index in [4.69, 9.17) is 21.1 Å². The Morgan fingerprint density at radius 3 is 2.62 bits per heavy atom. The van der Waals surface area contributed by atoms with Gasteiger partial charge in [-0.05, 0) is 43.3 Å². The highest BCUT2D eigenvalue weighted by atomic mass is 79.9. The van der Waals surface area contributed by atoms with E-state index in [1.54, 1.807) is 25.1 Å². The van der Waals surface area contributed by atoms with Gasteiger partial charge >= 0.3 is 0 Å². The van der Waals surface area contributed by atoms with Crippen molar-refractivity contribution in [1.29, 1.82) is 0 Å². The molecule has 1 N–H and O–H groups in total. The van der Waals surface area contributed by atoms with Crippen molar-refractivity contribution >= 4 is 27.5 Å². The maximum absolute atomic E-state index is 9.72. The van der Waals surface area contributed by atoms with E-state index in [0.717, 1.165) is 10.2 Å². The molecule has 112 valence electrons. The molecule has 2 aromatic rings. The van der Waals surface area contributed by atoms with E-state index in [2.05, 4.69) is 15.9 Å². The number of hydrogen-bond acceptors (Lipinski definition) is 3. The lowest BCUT2D eigenvalue weighted by molar-refractivity contribution is 0.182. The summed E-state index contributed by atoms with van der Waals surface area (Å²) in [4.78, 5) is 0. The lowest BCUT2D eigenvalue weighted by Gasteiger charge is -2.14. The Hall–Kier alpha value is -1.23.